The highest BCUT2D eigenvalue weighted by atomic mass is 16.6. The maximum absolute atomic E-state index is 11.7. The van der Waals surface area contributed by atoms with Crippen molar-refractivity contribution in [1.82, 2.24) is 15.1 Å². The number of nitrogens with zero attached hydrogens (tertiary/aromatic N) is 3. The van der Waals surface area contributed by atoms with Crippen LogP contribution in [0.5, 0.6) is 0 Å². The van der Waals surface area contributed by atoms with Crippen molar-refractivity contribution in [1.29, 1.82) is 0 Å². The summed E-state index contributed by atoms with van der Waals surface area (Å²) in [5.74, 6) is 0.508. The largest absolute Gasteiger partial charge is 0.450 e. The molecule has 0 saturated carbocycles. The Balaban J connectivity index is 1.70. The van der Waals surface area contributed by atoms with Gasteiger partial charge in [0.2, 0.25) is 0 Å². The van der Waals surface area contributed by atoms with Crippen LogP contribution < -0.4 is 11.1 Å². The van der Waals surface area contributed by atoms with Gasteiger partial charge in [-0.05, 0) is 39.2 Å². The summed E-state index contributed by atoms with van der Waals surface area (Å²) in [5.41, 5.74) is 6.06. The zero-order valence-electron chi connectivity index (χ0n) is 15.6. The quantitative estimate of drug-likeness (QED) is 0.514. The van der Waals surface area contributed by atoms with E-state index in [2.05, 4.69) is 15.2 Å². The molecule has 0 aromatic carbocycles. The Labute approximate surface area is 150 Å². The monoisotopic (exact) mass is 355 g/mol. The summed E-state index contributed by atoms with van der Waals surface area (Å²) in [6.07, 6.45) is 3.87. The summed E-state index contributed by atoms with van der Waals surface area (Å²) < 4.78 is 10.2. The van der Waals surface area contributed by atoms with Gasteiger partial charge in [0, 0.05) is 38.8 Å². The van der Waals surface area contributed by atoms with Gasteiger partial charge in [0.05, 0.1) is 19.8 Å². The molecule has 2 aliphatic rings. The Morgan fingerprint density at radius 2 is 2.04 bits per heavy atom. The van der Waals surface area contributed by atoms with Gasteiger partial charge in [-0.25, -0.2) is 4.79 Å². The minimum Gasteiger partial charge on any atom is -0.450 e. The maximum atomic E-state index is 11.7. The predicted octanol–water partition coefficient (Wildman–Crippen LogP) is 0.622. The third-order valence-electron chi connectivity index (χ3n) is 4.93. The van der Waals surface area contributed by atoms with E-state index in [1.807, 2.05) is 6.92 Å². The first-order valence-corrected chi connectivity index (χ1v) is 9.35. The molecule has 2 saturated heterocycles. The molecule has 0 aromatic rings. The molecular formula is C17H33N5O3. The fourth-order valence-electron chi connectivity index (χ4n) is 3.48. The summed E-state index contributed by atoms with van der Waals surface area (Å²) in [4.78, 5) is 20.4. The van der Waals surface area contributed by atoms with Crippen LogP contribution in [0.15, 0.2) is 4.99 Å². The Morgan fingerprint density at radius 1 is 1.28 bits per heavy atom. The summed E-state index contributed by atoms with van der Waals surface area (Å²) in [5, 5.41) is 3.30. The van der Waals surface area contributed by atoms with E-state index in [1.54, 1.807) is 12.0 Å². The number of rotatable bonds is 7. The van der Waals surface area contributed by atoms with E-state index in [1.165, 1.54) is 12.8 Å². The van der Waals surface area contributed by atoms with Crippen molar-refractivity contribution in [3.63, 3.8) is 0 Å². The molecule has 0 bridgehead atoms. The highest BCUT2D eigenvalue weighted by molar-refractivity contribution is 5.78. The number of nitrogens with two attached hydrogens (primary N) is 1. The number of amides is 1. The summed E-state index contributed by atoms with van der Waals surface area (Å²) in [6.45, 7) is 7.18. The third-order valence-corrected chi connectivity index (χ3v) is 4.93. The Hall–Kier alpha value is -1.54. The molecule has 1 amide bonds. The van der Waals surface area contributed by atoms with Crippen LogP contribution in [0.25, 0.3) is 0 Å². The lowest BCUT2D eigenvalue weighted by atomic mass is 10.1. The average Bonchev–Trinajstić information content (AvgIpc) is 3.06. The van der Waals surface area contributed by atoms with Crippen LogP contribution in [-0.2, 0) is 9.47 Å². The second kappa shape index (κ2) is 10.5. The molecule has 0 aliphatic carbocycles. The van der Waals surface area contributed by atoms with Crippen LogP contribution in [0.4, 0.5) is 4.79 Å². The van der Waals surface area contributed by atoms with Gasteiger partial charge in [-0.15, -0.1) is 0 Å². The van der Waals surface area contributed by atoms with E-state index in [-0.39, 0.29) is 12.1 Å². The predicted molar refractivity (Wildman–Crippen MR) is 97.7 cm³/mol. The molecule has 25 heavy (non-hydrogen) atoms. The van der Waals surface area contributed by atoms with Crippen LogP contribution in [0.3, 0.4) is 0 Å². The van der Waals surface area contributed by atoms with Crippen molar-refractivity contribution in [3.8, 4) is 0 Å². The molecule has 8 nitrogen and oxygen atoms in total. The van der Waals surface area contributed by atoms with Gasteiger partial charge in [0.1, 0.15) is 0 Å². The molecule has 144 valence electrons. The van der Waals surface area contributed by atoms with Gasteiger partial charge >= 0.3 is 6.09 Å². The first-order chi connectivity index (χ1) is 12.1. The molecule has 2 rings (SSSR count). The van der Waals surface area contributed by atoms with Crippen molar-refractivity contribution < 1.29 is 14.3 Å². The number of carbonyl (C=O) groups is 1. The number of carbonyl (C=O) groups excluding carboxylic acids is 1. The molecule has 3 N–H and O–H groups in total. The Kier molecular flexibility index (Phi) is 8.27. The molecule has 0 aromatic heterocycles. The molecule has 2 aliphatic heterocycles. The number of aliphatic imine (C=N–C) groups is 1. The lowest BCUT2D eigenvalue weighted by molar-refractivity contribution is 0.0963. The molecule has 2 fully saturated rings. The molecule has 0 spiro atoms. The van der Waals surface area contributed by atoms with E-state index >= 15 is 0 Å². The van der Waals surface area contributed by atoms with E-state index in [0.29, 0.717) is 31.7 Å². The van der Waals surface area contributed by atoms with Crippen molar-refractivity contribution in [3.05, 3.63) is 0 Å². The Bertz CT molecular complexity index is 438. The number of guanidine groups is 1. The van der Waals surface area contributed by atoms with Crippen molar-refractivity contribution in [2.24, 2.45) is 10.7 Å². The normalized spacial score (nSPS) is 23.0. The van der Waals surface area contributed by atoms with E-state index in [4.69, 9.17) is 15.2 Å². The minimum absolute atomic E-state index is 0.222. The summed E-state index contributed by atoms with van der Waals surface area (Å²) in [7, 11) is 1.73. The van der Waals surface area contributed by atoms with E-state index < -0.39 is 0 Å². The number of piperidine rings is 1. The zero-order valence-corrected chi connectivity index (χ0v) is 15.6. The molecule has 1 unspecified atom stereocenters. The van der Waals surface area contributed by atoms with Crippen LogP contribution in [0.1, 0.15) is 32.6 Å². The fraction of sp³-hybridized carbons (Fsp3) is 0.882. The molecule has 0 radical (unpaired) electrons. The van der Waals surface area contributed by atoms with Crippen LogP contribution >= 0.6 is 0 Å². The topological polar surface area (TPSA) is 92.4 Å². The summed E-state index contributed by atoms with van der Waals surface area (Å²) >= 11 is 0. The number of nitrogens with one attached hydrogen (secondary N) is 1. The minimum atomic E-state index is -0.222. The van der Waals surface area contributed by atoms with E-state index in [9.17, 15) is 4.79 Å². The standard InChI is InChI=1S/C17H33N5O3/c1-3-25-17(23)22-9-6-14(7-10-22)20-16(18)19-13-15-5-4-8-21(15)11-12-24-2/h14-15H,3-13H2,1-2H3,(H3,18,19,20). The first kappa shape index (κ1) is 19.8. The highest BCUT2D eigenvalue weighted by Crippen LogP contribution is 2.17. The summed E-state index contributed by atoms with van der Waals surface area (Å²) in [6, 6.07) is 0.726. The maximum Gasteiger partial charge on any atom is 0.409 e. The van der Waals surface area contributed by atoms with Gasteiger partial charge in [-0.2, -0.15) is 0 Å². The van der Waals surface area contributed by atoms with Crippen molar-refractivity contribution in [2.75, 3.05) is 53.0 Å². The van der Waals surface area contributed by atoms with Crippen LogP contribution in [0, 0.1) is 0 Å². The van der Waals surface area contributed by atoms with Gasteiger partial charge in [0.15, 0.2) is 5.96 Å². The third kappa shape index (κ3) is 6.36. The second-order valence-electron chi connectivity index (χ2n) is 6.66. The van der Waals surface area contributed by atoms with Gasteiger partial charge in [-0.3, -0.25) is 9.89 Å². The van der Waals surface area contributed by atoms with Crippen molar-refractivity contribution in [2.45, 2.75) is 44.7 Å². The zero-order chi connectivity index (χ0) is 18.1. The molecule has 8 heteroatoms. The second-order valence-corrected chi connectivity index (χ2v) is 6.66. The lowest BCUT2D eigenvalue weighted by Crippen LogP contribution is -2.48. The van der Waals surface area contributed by atoms with E-state index in [0.717, 1.165) is 39.1 Å². The number of likely N-dealkylation sites (tertiary alicyclic amines) is 2. The van der Waals surface area contributed by atoms with Gasteiger partial charge in [-0.1, -0.05) is 0 Å². The number of ether oxygens (including phenoxy) is 2. The average molecular weight is 355 g/mol. The highest BCUT2D eigenvalue weighted by Gasteiger charge is 2.25. The van der Waals surface area contributed by atoms with Gasteiger partial charge in [0.25, 0.3) is 0 Å². The van der Waals surface area contributed by atoms with Crippen LogP contribution in [0.2, 0.25) is 0 Å². The number of methoxy groups -OCH3 is 1. The Morgan fingerprint density at radius 3 is 2.72 bits per heavy atom. The fourth-order valence-corrected chi connectivity index (χ4v) is 3.48. The number of hydrogen-bond donors (Lipinski definition) is 2. The molecule has 1 atom stereocenters. The SMILES string of the molecule is CCOC(=O)N1CCC(NC(N)=NCC2CCCN2CCOC)CC1. The van der Waals surface area contributed by atoms with Crippen LogP contribution in [-0.4, -0.2) is 87.0 Å². The van der Waals surface area contributed by atoms with Gasteiger partial charge < -0.3 is 25.4 Å². The first-order valence-electron chi connectivity index (χ1n) is 9.35. The smallest absolute Gasteiger partial charge is 0.409 e. The lowest BCUT2D eigenvalue weighted by Gasteiger charge is -2.31. The number of hydrogen-bond acceptors (Lipinski definition) is 5. The molecule has 2 heterocycles. The van der Waals surface area contributed by atoms with Crippen molar-refractivity contribution >= 4 is 12.1 Å². The molecular weight excluding hydrogens is 322 g/mol.